The van der Waals surface area contributed by atoms with Crippen LogP contribution in [0.5, 0.6) is 11.5 Å². The molecule has 4 aromatic rings. The van der Waals surface area contributed by atoms with Crippen LogP contribution in [0.3, 0.4) is 0 Å². The van der Waals surface area contributed by atoms with E-state index in [9.17, 15) is 9.59 Å². The molecule has 0 spiro atoms. The van der Waals surface area contributed by atoms with Gasteiger partial charge in [-0.25, -0.2) is 10.2 Å². The van der Waals surface area contributed by atoms with Crippen molar-refractivity contribution in [1.29, 1.82) is 0 Å². The second-order valence-corrected chi connectivity index (χ2v) is 8.34. The first-order valence-electron chi connectivity index (χ1n) is 11.0. The van der Waals surface area contributed by atoms with Gasteiger partial charge >= 0.3 is 5.97 Å². The summed E-state index contributed by atoms with van der Waals surface area (Å²) in [5, 5.41) is 6.44. The highest BCUT2D eigenvalue weighted by atomic mass is 35.5. The lowest BCUT2D eigenvalue weighted by atomic mass is 10.0. The quantitative estimate of drug-likeness (QED) is 0.152. The summed E-state index contributed by atoms with van der Waals surface area (Å²) in [7, 11) is 0. The molecule has 0 bridgehead atoms. The van der Waals surface area contributed by atoms with E-state index in [2.05, 4.69) is 10.5 Å². The van der Waals surface area contributed by atoms with Gasteiger partial charge in [0.15, 0.2) is 6.10 Å². The number of carbonyl (C=O) groups excluding carboxylic acids is 2. The molecule has 0 radical (unpaired) electrons. The largest absolute Gasteiger partial charge is 0.481 e. The normalized spacial score (nSPS) is 11.9. The van der Waals surface area contributed by atoms with Gasteiger partial charge in [-0.3, -0.25) is 4.79 Å². The summed E-state index contributed by atoms with van der Waals surface area (Å²) in [5.74, 6) is -0.0725. The van der Waals surface area contributed by atoms with Crippen molar-refractivity contribution < 1.29 is 19.1 Å². The fraction of sp³-hybridized carbons (Fsp3) is 0.107. The third-order valence-corrected chi connectivity index (χ3v) is 5.54. The van der Waals surface area contributed by atoms with Gasteiger partial charge in [0.2, 0.25) is 0 Å². The molecule has 0 fully saturated rings. The molecule has 0 aliphatic heterocycles. The SMILES string of the molecule is Cc1ccc(C(=O)Oc2ccc3ccccc3c2/C=N\NC(=O)[C@H](C)Oc2ccc(Cl)cc2)cc1. The molecule has 1 N–H and O–H groups in total. The molecule has 176 valence electrons. The second-order valence-electron chi connectivity index (χ2n) is 7.90. The molecular formula is C28H23ClN2O4. The number of ether oxygens (including phenoxy) is 2. The van der Waals surface area contributed by atoms with E-state index in [4.69, 9.17) is 21.1 Å². The monoisotopic (exact) mass is 486 g/mol. The fourth-order valence-electron chi connectivity index (χ4n) is 3.37. The van der Waals surface area contributed by atoms with Gasteiger partial charge in [0.05, 0.1) is 11.8 Å². The van der Waals surface area contributed by atoms with Crippen LogP contribution in [0.2, 0.25) is 5.02 Å². The number of halogens is 1. The van der Waals surface area contributed by atoms with Gasteiger partial charge in [-0.15, -0.1) is 0 Å². The number of rotatable bonds is 7. The number of benzene rings is 4. The van der Waals surface area contributed by atoms with Crippen LogP contribution in [0, 0.1) is 6.92 Å². The van der Waals surface area contributed by atoms with Crippen LogP contribution in [-0.2, 0) is 4.79 Å². The molecule has 0 saturated heterocycles. The third kappa shape index (κ3) is 6.05. The van der Waals surface area contributed by atoms with Gasteiger partial charge < -0.3 is 9.47 Å². The predicted octanol–water partition coefficient (Wildman–Crippen LogP) is 5.94. The number of hydrogen-bond acceptors (Lipinski definition) is 5. The van der Waals surface area contributed by atoms with Crippen LogP contribution in [0.15, 0.2) is 90.0 Å². The van der Waals surface area contributed by atoms with Crippen molar-refractivity contribution >= 4 is 40.5 Å². The predicted molar refractivity (Wildman–Crippen MR) is 137 cm³/mol. The number of aryl methyl sites for hydroxylation is 1. The summed E-state index contributed by atoms with van der Waals surface area (Å²) in [5.41, 5.74) is 4.53. The maximum Gasteiger partial charge on any atom is 0.343 e. The van der Waals surface area contributed by atoms with Crippen LogP contribution < -0.4 is 14.9 Å². The lowest BCUT2D eigenvalue weighted by Gasteiger charge is -2.13. The summed E-state index contributed by atoms with van der Waals surface area (Å²) in [6.07, 6.45) is 0.673. The fourth-order valence-corrected chi connectivity index (χ4v) is 3.49. The Kier molecular flexibility index (Phi) is 7.43. The van der Waals surface area contributed by atoms with Crippen molar-refractivity contribution in [3.63, 3.8) is 0 Å². The molecule has 0 saturated carbocycles. The van der Waals surface area contributed by atoms with Gasteiger partial charge in [-0.05, 0) is 67.1 Å². The van der Waals surface area contributed by atoms with Crippen LogP contribution in [-0.4, -0.2) is 24.2 Å². The van der Waals surface area contributed by atoms with Crippen molar-refractivity contribution in [2.45, 2.75) is 20.0 Å². The molecule has 0 aliphatic rings. The molecule has 0 aromatic heterocycles. The van der Waals surface area contributed by atoms with Crippen LogP contribution in [0.4, 0.5) is 0 Å². The molecule has 0 aliphatic carbocycles. The van der Waals surface area contributed by atoms with Crippen molar-refractivity contribution in [1.82, 2.24) is 5.43 Å². The number of esters is 1. The minimum Gasteiger partial charge on any atom is -0.481 e. The second kappa shape index (κ2) is 10.8. The summed E-state index contributed by atoms with van der Waals surface area (Å²) in [6.45, 7) is 3.56. The molecule has 35 heavy (non-hydrogen) atoms. The van der Waals surface area contributed by atoms with Crippen LogP contribution in [0.1, 0.15) is 28.4 Å². The van der Waals surface area contributed by atoms with Crippen molar-refractivity contribution in [3.8, 4) is 11.5 Å². The minimum atomic E-state index is -0.792. The van der Waals surface area contributed by atoms with Crippen molar-refractivity contribution in [2.75, 3.05) is 0 Å². The van der Waals surface area contributed by atoms with E-state index in [1.165, 1.54) is 6.21 Å². The van der Waals surface area contributed by atoms with Crippen LogP contribution in [0.25, 0.3) is 10.8 Å². The number of nitrogens with one attached hydrogen (secondary N) is 1. The van der Waals surface area contributed by atoms with E-state index >= 15 is 0 Å². The molecular weight excluding hydrogens is 464 g/mol. The first-order chi connectivity index (χ1) is 16.9. The van der Waals surface area contributed by atoms with Crippen LogP contribution >= 0.6 is 11.6 Å². The van der Waals surface area contributed by atoms with Gasteiger partial charge in [0.25, 0.3) is 5.91 Å². The number of hydrazone groups is 1. The van der Waals surface area contributed by atoms with Gasteiger partial charge in [0, 0.05) is 10.6 Å². The Hall–Kier alpha value is -4.16. The van der Waals surface area contributed by atoms with E-state index in [1.807, 2.05) is 49.4 Å². The van der Waals surface area contributed by atoms with E-state index in [0.29, 0.717) is 27.6 Å². The minimum absolute atomic E-state index is 0.331. The molecule has 1 atom stereocenters. The molecule has 0 unspecified atom stereocenters. The average Bonchev–Trinajstić information content (AvgIpc) is 2.86. The number of amides is 1. The Morgan fingerprint density at radius 3 is 2.40 bits per heavy atom. The highest BCUT2D eigenvalue weighted by molar-refractivity contribution is 6.30. The van der Waals surface area contributed by atoms with E-state index < -0.39 is 18.0 Å². The number of carbonyl (C=O) groups is 2. The summed E-state index contributed by atoms with van der Waals surface area (Å²) in [4.78, 5) is 25.2. The third-order valence-electron chi connectivity index (χ3n) is 5.28. The maximum absolute atomic E-state index is 12.7. The highest BCUT2D eigenvalue weighted by Crippen LogP contribution is 2.27. The van der Waals surface area contributed by atoms with E-state index in [-0.39, 0.29) is 0 Å². The number of fused-ring (bicyclic) bond motifs is 1. The lowest BCUT2D eigenvalue weighted by molar-refractivity contribution is -0.127. The molecule has 1 amide bonds. The van der Waals surface area contributed by atoms with E-state index in [0.717, 1.165) is 16.3 Å². The van der Waals surface area contributed by atoms with Gasteiger partial charge in [-0.1, -0.05) is 59.6 Å². The number of hydrogen-bond donors (Lipinski definition) is 1. The standard InChI is InChI=1S/C28H23ClN2O4/c1-18-7-9-21(10-8-18)28(33)35-26-16-11-20-5-3-4-6-24(20)25(26)17-30-31-27(32)19(2)34-23-14-12-22(29)13-15-23/h3-17,19H,1-2H3,(H,31,32)/b30-17-/t19-/m0/s1. The maximum atomic E-state index is 12.7. The topological polar surface area (TPSA) is 77.0 Å². The summed E-state index contributed by atoms with van der Waals surface area (Å²) in [6, 6.07) is 25.1. The Labute approximate surface area is 208 Å². The first kappa shape index (κ1) is 24.0. The Morgan fingerprint density at radius 1 is 0.943 bits per heavy atom. The zero-order valence-corrected chi connectivity index (χ0v) is 20.0. The first-order valence-corrected chi connectivity index (χ1v) is 11.3. The van der Waals surface area contributed by atoms with E-state index in [1.54, 1.807) is 49.4 Å². The zero-order chi connectivity index (χ0) is 24.8. The summed E-state index contributed by atoms with van der Waals surface area (Å²) < 4.78 is 11.3. The summed E-state index contributed by atoms with van der Waals surface area (Å²) >= 11 is 5.88. The number of nitrogens with zero attached hydrogens (tertiary/aromatic N) is 1. The Morgan fingerprint density at radius 2 is 1.66 bits per heavy atom. The zero-order valence-electron chi connectivity index (χ0n) is 19.2. The lowest BCUT2D eigenvalue weighted by Crippen LogP contribution is -2.33. The Bertz CT molecular complexity index is 1380. The highest BCUT2D eigenvalue weighted by Gasteiger charge is 2.16. The molecule has 6 nitrogen and oxygen atoms in total. The molecule has 0 heterocycles. The molecule has 4 aromatic carbocycles. The molecule has 7 heteroatoms. The van der Waals surface area contributed by atoms with Gasteiger partial charge in [0.1, 0.15) is 11.5 Å². The molecule has 4 rings (SSSR count). The van der Waals surface area contributed by atoms with Crippen molar-refractivity contribution in [3.05, 3.63) is 107 Å². The Balaban J connectivity index is 1.52. The van der Waals surface area contributed by atoms with Crippen molar-refractivity contribution in [2.24, 2.45) is 5.10 Å². The average molecular weight is 487 g/mol. The van der Waals surface area contributed by atoms with Gasteiger partial charge in [-0.2, -0.15) is 5.10 Å². The smallest absolute Gasteiger partial charge is 0.343 e.